The number of aromatic nitrogens is 3. The van der Waals surface area contributed by atoms with Gasteiger partial charge < -0.3 is 5.32 Å². The molecule has 0 saturated heterocycles. The van der Waals surface area contributed by atoms with Crippen LogP contribution >= 0.6 is 0 Å². The first-order chi connectivity index (χ1) is 9.84. The lowest BCUT2D eigenvalue weighted by atomic mass is 10.3. The number of nitrogens with zero attached hydrogens (tertiary/aromatic N) is 3. The van der Waals surface area contributed by atoms with Gasteiger partial charge in [0.25, 0.3) is 0 Å². The Morgan fingerprint density at radius 2 is 2.14 bits per heavy atom. The number of carbonyl (C=O) groups excluding carboxylic acids is 1. The van der Waals surface area contributed by atoms with Crippen molar-refractivity contribution in [3.05, 3.63) is 36.7 Å². The Bertz CT molecular complexity index is 745. The molecule has 1 aromatic heterocycles. The van der Waals surface area contributed by atoms with Crippen LogP contribution in [-0.2, 0) is 21.4 Å². The molecule has 1 aromatic carbocycles. The number of sulfonamides is 1. The number of rotatable bonds is 5. The molecule has 8 nitrogen and oxygen atoms in total. The Balaban J connectivity index is 2.05. The molecule has 2 rings (SSSR count). The monoisotopic (exact) mass is 313 g/mol. The molecular formula is C11H12FN5O3S. The molecule has 0 unspecified atom stereocenters. The van der Waals surface area contributed by atoms with Gasteiger partial charge in [-0.15, -0.1) is 0 Å². The molecule has 0 saturated carbocycles. The van der Waals surface area contributed by atoms with Crippen molar-refractivity contribution in [3.8, 4) is 0 Å². The Labute approximate surface area is 119 Å². The molecule has 0 atom stereocenters. The van der Waals surface area contributed by atoms with E-state index in [1.807, 2.05) is 0 Å². The average Bonchev–Trinajstić information content (AvgIpc) is 2.87. The van der Waals surface area contributed by atoms with Crippen LogP contribution in [0.3, 0.4) is 0 Å². The van der Waals surface area contributed by atoms with E-state index in [0.29, 0.717) is 6.54 Å². The molecule has 0 aliphatic rings. The molecule has 0 aliphatic carbocycles. The first-order valence-electron chi connectivity index (χ1n) is 5.80. The van der Waals surface area contributed by atoms with E-state index >= 15 is 0 Å². The van der Waals surface area contributed by atoms with Gasteiger partial charge in [0.2, 0.25) is 15.9 Å². The van der Waals surface area contributed by atoms with E-state index in [1.54, 1.807) is 0 Å². The Morgan fingerprint density at radius 3 is 2.76 bits per heavy atom. The molecule has 10 heteroatoms. The van der Waals surface area contributed by atoms with Gasteiger partial charge in [0.1, 0.15) is 18.5 Å². The molecule has 1 heterocycles. The summed E-state index contributed by atoms with van der Waals surface area (Å²) in [7, 11) is -4.05. The van der Waals surface area contributed by atoms with E-state index in [-0.39, 0.29) is 12.1 Å². The largest absolute Gasteiger partial charge is 0.326 e. The maximum atomic E-state index is 13.3. The number of amides is 1. The molecular weight excluding hydrogens is 301 g/mol. The van der Waals surface area contributed by atoms with Crippen LogP contribution in [-0.4, -0.2) is 29.1 Å². The lowest BCUT2D eigenvalue weighted by Gasteiger charge is -2.07. The van der Waals surface area contributed by atoms with Crippen molar-refractivity contribution in [1.29, 1.82) is 0 Å². The number of nitrogens with two attached hydrogens (primary N) is 1. The summed E-state index contributed by atoms with van der Waals surface area (Å²) in [6, 6.07) is 2.87. The molecule has 0 fully saturated rings. The van der Waals surface area contributed by atoms with Gasteiger partial charge in [-0.2, -0.15) is 5.10 Å². The average molecular weight is 313 g/mol. The molecule has 0 radical (unpaired) electrons. The highest BCUT2D eigenvalue weighted by atomic mass is 32.2. The van der Waals surface area contributed by atoms with Gasteiger partial charge in [0.05, 0.1) is 11.4 Å². The Hall–Kier alpha value is -2.33. The molecule has 112 valence electrons. The van der Waals surface area contributed by atoms with E-state index in [9.17, 15) is 17.6 Å². The summed E-state index contributed by atoms with van der Waals surface area (Å²) in [5.41, 5.74) is 0.0163. The number of anilines is 1. The number of aryl methyl sites for hydroxylation is 1. The highest BCUT2D eigenvalue weighted by Gasteiger charge is 2.12. The first-order valence-corrected chi connectivity index (χ1v) is 7.35. The zero-order valence-corrected chi connectivity index (χ0v) is 11.5. The third kappa shape index (κ3) is 4.33. The minimum absolute atomic E-state index is 0.0163. The van der Waals surface area contributed by atoms with Crippen LogP contribution in [0.4, 0.5) is 10.1 Å². The molecule has 0 bridgehead atoms. The van der Waals surface area contributed by atoms with Crippen molar-refractivity contribution >= 4 is 21.6 Å². The Kier molecular flexibility index (Phi) is 4.29. The van der Waals surface area contributed by atoms with Crippen molar-refractivity contribution in [2.24, 2.45) is 5.14 Å². The van der Waals surface area contributed by atoms with Crippen LogP contribution in [0.25, 0.3) is 0 Å². The van der Waals surface area contributed by atoms with Crippen molar-refractivity contribution in [2.75, 3.05) is 5.32 Å². The van der Waals surface area contributed by atoms with Gasteiger partial charge in [0.15, 0.2) is 0 Å². The number of carbonyl (C=O) groups is 1. The molecule has 0 aliphatic heterocycles. The second-order valence-electron chi connectivity index (χ2n) is 4.18. The van der Waals surface area contributed by atoms with E-state index in [2.05, 4.69) is 15.4 Å². The number of benzene rings is 1. The predicted octanol–water partition coefficient (Wildman–Crippen LogP) is 0.0934. The zero-order chi connectivity index (χ0) is 15.5. The molecule has 1 amide bonds. The summed E-state index contributed by atoms with van der Waals surface area (Å²) in [5, 5.41) is 11.1. The summed E-state index contributed by atoms with van der Waals surface area (Å²) in [5.74, 6) is -1.23. The molecule has 21 heavy (non-hydrogen) atoms. The fraction of sp³-hybridized carbons (Fsp3) is 0.182. The van der Waals surface area contributed by atoms with Crippen LogP contribution in [0.5, 0.6) is 0 Å². The minimum atomic E-state index is -4.05. The van der Waals surface area contributed by atoms with Crippen molar-refractivity contribution < 1.29 is 17.6 Å². The summed E-state index contributed by atoms with van der Waals surface area (Å²) >= 11 is 0. The maximum absolute atomic E-state index is 13.3. The summed E-state index contributed by atoms with van der Waals surface area (Å²) in [4.78, 5) is 15.0. The lowest BCUT2D eigenvalue weighted by molar-refractivity contribution is -0.116. The Morgan fingerprint density at radius 1 is 1.38 bits per heavy atom. The zero-order valence-electron chi connectivity index (χ0n) is 10.7. The van der Waals surface area contributed by atoms with Crippen LogP contribution in [0.1, 0.15) is 6.42 Å². The third-order valence-electron chi connectivity index (χ3n) is 2.52. The number of hydrogen-bond acceptors (Lipinski definition) is 5. The SMILES string of the molecule is NS(=O)(=O)c1cc(F)cc(NC(=O)CCn2cncn2)c1. The number of halogens is 1. The van der Waals surface area contributed by atoms with Gasteiger partial charge in [0, 0.05) is 12.1 Å². The highest BCUT2D eigenvalue weighted by molar-refractivity contribution is 7.89. The van der Waals surface area contributed by atoms with Crippen molar-refractivity contribution in [3.63, 3.8) is 0 Å². The van der Waals surface area contributed by atoms with E-state index in [1.165, 1.54) is 17.3 Å². The topological polar surface area (TPSA) is 120 Å². The van der Waals surface area contributed by atoms with Gasteiger partial charge in [-0.05, 0) is 18.2 Å². The molecule has 2 aromatic rings. The molecule has 0 spiro atoms. The number of nitrogens with one attached hydrogen (secondary N) is 1. The van der Waals surface area contributed by atoms with Crippen molar-refractivity contribution in [1.82, 2.24) is 14.8 Å². The maximum Gasteiger partial charge on any atom is 0.238 e. The fourth-order valence-corrected chi connectivity index (χ4v) is 2.16. The fourth-order valence-electron chi connectivity index (χ4n) is 1.59. The standard InChI is InChI=1S/C11H12FN5O3S/c12-8-3-9(5-10(4-8)21(13,19)20)16-11(18)1-2-17-7-14-6-15-17/h3-7H,1-2H2,(H,16,18)(H2,13,19,20). The van der Waals surface area contributed by atoms with Gasteiger partial charge >= 0.3 is 0 Å². The van der Waals surface area contributed by atoms with E-state index in [4.69, 9.17) is 5.14 Å². The normalized spacial score (nSPS) is 11.3. The van der Waals surface area contributed by atoms with Crippen LogP contribution in [0.2, 0.25) is 0 Å². The third-order valence-corrected chi connectivity index (χ3v) is 3.41. The molecule has 3 N–H and O–H groups in total. The van der Waals surface area contributed by atoms with Gasteiger partial charge in [-0.3, -0.25) is 9.48 Å². The van der Waals surface area contributed by atoms with Gasteiger partial charge in [-0.25, -0.2) is 22.9 Å². The van der Waals surface area contributed by atoms with Crippen LogP contribution < -0.4 is 10.5 Å². The lowest BCUT2D eigenvalue weighted by Crippen LogP contribution is -2.16. The van der Waals surface area contributed by atoms with Gasteiger partial charge in [-0.1, -0.05) is 0 Å². The number of primary sulfonamides is 1. The smallest absolute Gasteiger partial charge is 0.238 e. The van der Waals surface area contributed by atoms with Crippen LogP contribution in [0, 0.1) is 5.82 Å². The highest BCUT2D eigenvalue weighted by Crippen LogP contribution is 2.17. The first kappa shape index (κ1) is 15.1. The summed E-state index contributed by atoms with van der Waals surface area (Å²) in [6.45, 7) is 0.295. The summed E-state index contributed by atoms with van der Waals surface area (Å²) in [6.07, 6.45) is 2.86. The van der Waals surface area contributed by atoms with Crippen molar-refractivity contribution in [2.45, 2.75) is 17.9 Å². The van der Waals surface area contributed by atoms with Crippen LogP contribution in [0.15, 0.2) is 35.7 Å². The van der Waals surface area contributed by atoms with E-state index in [0.717, 1.165) is 18.2 Å². The quantitative estimate of drug-likeness (QED) is 0.810. The second kappa shape index (κ2) is 5.97. The number of hydrogen-bond donors (Lipinski definition) is 2. The van der Waals surface area contributed by atoms with E-state index < -0.39 is 26.6 Å². The second-order valence-corrected chi connectivity index (χ2v) is 5.74. The minimum Gasteiger partial charge on any atom is -0.326 e. The summed E-state index contributed by atoms with van der Waals surface area (Å²) < 4.78 is 37.2. The predicted molar refractivity (Wildman–Crippen MR) is 71.0 cm³/mol.